The van der Waals surface area contributed by atoms with Gasteiger partial charge in [0.2, 0.25) is 0 Å². The monoisotopic (exact) mass is 236 g/mol. The summed E-state index contributed by atoms with van der Waals surface area (Å²) in [7, 11) is 0. The molecule has 0 aromatic heterocycles. The van der Waals surface area contributed by atoms with E-state index >= 15 is 0 Å². The van der Waals surface area contributed by atoms with E-state index in [4.69, 9.17) is 4.74 Å². The quantitative estimate of drug-likeness (QED) is 0.655. The normalized spacial score (nSPS) is 50.5. The first-order chi connectivity index (χ1) is 8.26. The minimum Gasteiger partial charge on any atom is -0.374 e. The Labute approximate surface area is 106 Å². The molecule has 2 aliphatic carbocycles. The summed E-state index contributed by atoms with van der Waals surface area (Å²) in [6, 6.07) is 0. The molecule has 2 saturated carbocycles. The van der Waals surface area contributed by atoms with Gasteiger partial charge >= 0.3 is 0 Å². The van der Waals surface area contributed by atoms with E-state index in [0.29, 0.717) is 12.2 Å². The molecule has 1 aliphatic heterocycles. The molecule has 1 saturated heterocycles. The van der Waals surface area contributed by atoms with Gasteiger partial charge in [-0.05, 0) is 62.2 Å². The molecule has 17 heavy (non-hydrogen) atoms. The number of hydrogen-bond acceptors (Lipinski definition) is 1. The summed E-state index contributed by atoms with van der Waals surface area (Å²) in [5.41, 5.74) is 0. The van der Waals surface area contributed by atoms with Crippen LogP contribution in [0.4, 0.5) is 0 Å². The number of hydrogen-bond donors (Lipinski definition) is 0. The maximum atomic E-state index is 6.46. The summed E-state index contributed by atoms with van der Waals surface area (Å²) in [5.74, 6) is 3.71. The van der Waals surface area contributed by atoms with Crippen molar-refractivity contribution in [1.29, 1.82) is 0 Å². The fourth-order valence-electron chi connectivity index (χ4n) is 4.57. The van der Waals surface area contributed by atoms with Crippen molar-refractivity contribution in [1.82, 2.24) is 0 Å². The van der Waals surface area contributed by atoms with Gasteiger partial charge in [0.05, 0.1) is 12.2 Å². The van der Waals surface area contributed by atoms with Crippen molar-refractivity contribution in [3.8, 4) is 0 Å². The maximum absolute atomic E-state index is 6.46. The zero-order valence-electron chi connectivity index (χ0n) is 11.5. The smallest absolute Gasteiger partial charge is 0.0609 e. The molecule has 5 unspecified atom stereocenters. The molecule has 1 nitrogen and oxygen atoms in total. The molecule has 1 heteroatoms. The molecule has 0 radical (unpaired) electrons. The lowest BCUT2D eigenvalue weighted by Crippen LogP contribution is -2.46. The van der Waals surface area contributed by atoms with Crippen LogP contribution in [0, 0.1) is 23.7 Å². The maximum Gasteiger partial charge on any atom is 0.0609 e. The highest BCUT2D eigenvalue weighted by Gasteiger charge is 2.42. The van der Waals surface area contributed by atoms with Gasteiger partial charge in [-0.15, -0.1) is 0 Å². The molecule has 3 aliphatic rings. The minimum atomic E-state index is 0.623. The van der Waals surface area contributed by atoms with Crippen molar-refractivity contribution in [2.75, 3.05) is 0 Å². The van der Waals surface area contributed by atoms with E-state index in [1.165, 1.54) is 51.4 Å². The predicted molar refractivity (Wildman–Crippen MR) is 70.9 cm³/mol. The van der Waals surface area contributed by atoms with Crippen molar-refractivity contribution in [3.63, 3.8) is 0 Å². The average Bonchev–Trinajstić information content (AvgIpc) is 2.35. The van der Waals surface area contributed by atoms with E-state index in [1.807, 2.05) is 0 Å². The van der Waals surface area contributed by atoms with Crippen LogP contribution < -0.4 is 0 Å². The van der Waals surface area contributed by atoms with Crippen molar-refractivity contribution < 1.29 is 4.74 Å². The lowest BCUT2D eigenvalue weighted by Gasteiger charge is -2.48. The van der Waals surface area contributed by atoms with Gasteiger partial charge in [0, 0.05) is 0 Å². The summed E-state index contributed by atoms with van der Waals surface area (Å²) in [6.07, 6.45) is 12.6. The molecule has 0 aromatic rings. The highest BCUT2D eigenvalue weighted by Crippen LogP contribution is 2.46. The summed E-state index contributed by atoms with van der Waals surface area (Å²) in [5, 5.41) is 0. The molecule has 3 rings (SSSR count). The van der Waals surface area contributed by atoms with Crippen molar-refractivity contribution in [3.05, 3.63) is 0 Å². The predicted octanol–water partition coefficient (Wildman–Crippen LogP) is 4.41. The number of ether oxygens (including phenoxy) is 1. The second-order valence-corrected chi connectivity index (χ2v) is 6.97. The Morgan fingerprint density at radius 3 is 2.59 bits per heavy atom. The summed E-state index contributed by atoms with van der Waals surface area (Å²) in [4.78, 5) is 0. The largest absolute Gasteiger partial charge is 0.374 e. The average molecular weight is 236 g/mol. The third kappa shape index (κ3) is 2.41. The van der Waals surface area contributed by atoms with E-state index in [1.54, 1.807) is 0 Å². The van der Waals surface area contributed by atoms with Crippen molar-refractivity contribution >= 4 is 0 Å². The third-order valence-electron chi connectivity index (χ3n) is 5.74. The molecular formula is C16H28O. The van der Waals surface area contributed by atoms with Gasteiger partial charge in [0.1, 0.15) is 0 Å². The number of rotatable bonds is 1. The molecule has 0 amide bonds. The van der Waals surface area contributed by atoms with E-state index in [9.17, 15) is 0 Å². The SMILES string of the molecule is CCC1CCC2O[C@@H]3CC(C)CCC3CC2C1. The van der Waals surface area contributed by atoms with Gasteiger partial charge in [-0.25, -0.2) is 0 Å². The fraction of sp³-hybridized carbons (Fsp3) is 1.00. The Balaban J connectivity index is 1.64. The van der Waals surface area contributed by atoms with E-state index in [0.717, 1.165) is 23.7 Å². The van der Waals surface area contributed by atoms with Gasteiger partial charge in [-0.2, -0.15) is 0 Å². The topological polar surface area (TPSA) is 9.23 Å². The summed E-state index contributed by atoms with van der Waals surface area (Å²) in [6.45, 7) is 4.76. The molecule has 3 fully saturated rings. The fourth-order valence-corrected chi connectivity index (χ4v) is 4.57. The van der Waals surface area contributed by atoms with Crippen LogP contribution in [0.15, 0.2) is 0 Å². The second-order valence-electron chi connectivity index (χ2n) is 6.97. The van der Waals surface area contributed by atoms with Crippen LogP contribution in [0.1, 0.15) is 65.2 Å². The lowest BCUT2D eigenvalue weighted by molar-refractivity contribution is -0.152. The molecule has 1 heterocycles. The van der Waals surface area contributed by atoms with Crippen LogP contribution in [0.25, 0.3) is 0 Å². The van der Waals surface area contributed by atoms with E-state index in [2.05, 4.69) is 13.8 Å². The van der Waals surface area contributed by atoms with Gasteiger partial charge in [0.25, 0.3) is 0 Å². The van der Waals surface area contributed by atoms with Crippen LogP contribution in [0.5, 0.6) is 0 Å². The molecule has 0 N–H and O–H groups in total. The van der Waals surface area contributed by atoms with Gasteiger partial charge < -0.3 is 4.74 Å². The Morgan fingerprint density at radius 2 is 1.76 bits per heavy atom. The van der Waals surface area contributed by atoms with Crippen molar-refractivity contribution in [2.45, 2.75) is 77.4 Å². The molecule has 0 bridgehead atoms. The van der Waals surface area contributed by atoms with Gasteiger partial charge in [0.15, 0.2) is 0 Å². The van der Waals surface area contributed by atoms with E-state index < -0.39 is 0 Å². The zero-order valence-corrected chi connectivity index (χ0v) is 11.5. The van der Waals surface area contributed by atoms with E-state index in [-0.39, 0.29) is 0 Å². The molecule has 0 spiro atoms. The third-order valence-corrected chi connectivity index (χ3v) is 5.74. The first-order valence-electron chi connectivity index (χ1n) is 7.91. The van der Waals surface area contributed by atoms with Crippen LogP contribution in [0.2, 0.25) is 0 Å². The van der Waals surface area contributed by atoms with Gasteiger partial charge in [-0.1, -0.05) is 26.7 Å². The Morgan fingerprint density at radius 1 is 0.882 bits per heavy atom. The Hall–Kier alpha value is -0.0400. The minimum absolute atomic E-state index is 0.623. The van der Waals surface area contributed by atoms with Crippen molar-refractivity contribution in [2.24, 2.45) is 23.7 Å². The summed E-state index contributed by atoms with van der Waals surface area (Å²) >= 11 is 0. The lowest BCUT2D eigenvalue weighted by atomic mass is 9.68. The molecular weight excluding hydrogens is 208 g/mol. The molecule has 6 atom stereocenters. The standard InChI is InChI=1S/C16H28O/c1-3-12-5-7-15-14(9-12)10-13-6-4-11(2)8-16(13)17-15/h11-16H,3-10H2,1-2H3/t11?,12?,13?,14?,15?,16-/m1/s1. The second kappa shape index (κ2) is 4.91. The summed E-state index contributed by atoms with van der Waals surface area (Å²) < 4.78 is 6.46. The Kier molecular flexibility index (Phi) is 3.47. The highest BCUT2D eigenvalue weighted by atomic mass is 16.5. The van der Waals surface area contributed by atoms with Crippen LogP contribution in [-0.2, 0) is 4.74 Å². The highest BCUT2D eigenvalue weighted by molar-refractivity contribution is 4.91. The molecule has 0 aromatic carbocycles. The first-order valence-corrected chi connectivity index (χ1v) is 7.91. The first kappa shape index (κ1) is 12.0. The number of fused-ring (bicyclic) bond motifs is 2. The van der Waals surface area contributed by atoms with Crippen LogP contribution in [-0.4, -0.2) is 12.2 Å². The van der Waals surface area contributed by atoms with Crippen LogP contribution in [0.3, 0.4) is 0 Å². The molecule has 98 valence electrons. The van der Waals surface area contributed by atoms with Gasteiger partial charge in [-0.3, -0.25) is 0 Å². The zero-order chi connectivity index (χ0) is 11.8. The van der Waals surface area contributed by atoms with Crippen LogP contribution >= 0.6 is 0 Å². The Bertz CT molecular complexity index is 262.